The molecule has 0 bridgehead atoms. The highest BCUT2D eigenvalue weighted by Gasteiger charge is 2.35. The lowest BCUT2D eigenvalue weighted by molar-refractivity contribution is 0.0936. The summed E-state index contributed by atoms with van der Waals surface area (Å²) in [6, 6.07) is 10.5. The first kappa shape index (κ1) is 16.6. The SMILES string of the molecule is Nc1ncnc(N2CCCC(CO)(CCCc3ccccc3)C2)n1. The molecule has 1 aliphatic rings. The third kappa shape index (κ3) is 4.00. The second-order valence-electron chi connectivity index (χ2n) is 6.67. The highest BCUT2D eigenvalue weighted by atomic mass is 16.3. The summed E-state index contributed by atoms with van der Waals surface area (Å²) in [6.45, 7) is 1.85. The lowest BCUT2D eigenvalue weighted by atomic mass is 9.76. The molecular weight excluding hydrogens is 302 g/mol. The van der Waals surface area contributed by atoms with E-state index in [0.717, 1.165) is 45.2 Å². The lowest BCUT2D eigenvalue weighted by Gasteiger charge is -2.42. The van der Waals surface area contributed by atoms with Crippen molar-refractivity contribution in [2.75, 3.05) is 30.3 Å². The normalized spacial score (nSPS) is 21.0. The number of nitrogens with zero attached hydrogens (tertiary/aromatic N) is 4. The van der Waals surface area contributed by atoms with Gasteiger partial charge in [0.05, 0.1) is 6.61 Å². The molecule has 0 spiro atoms. The fraction of sp³-hybridized carbons (Fsp3) is 0.500. The molecule has 24 heavy (non-hydrogen) atoms. The number of benzene rings is 1. The number of aromatic nitrogens is 3. The first-order valence-electron chi connectivity index (χ1n) is 8.55. The molecule has 3 rings (SSSR count). The summed E-state index contributed by atoms with van der Waals surface area (Å²) >= 11 is 0. The Bertz CT molecular complexity index is 651. The zero-order valence-electron chi connectivity index (χ0n) is 13.9. The standard InChI is InChI=1S/C18H25N5O/c19-16-20-14-21-17(22-16)23-11-5-10-18(12-23,13-24)9-4-8-15-6-2-1-3-7-15/h1-3,6-7,14,24H,4-5,8-13H2,(H2,19,20,21,22). The Kier molecular flexibility index (Phi) is 5.25. The number of hydrogen-bond donors (Lipinski definition) is 2. The van der Waals surface area contributed by atoms with E-state index in [4.69, 9.17) is 5.73 Å². The number of nitrogen functional groups attached to an aromatic ring is 1. The molecule has 2 aromatic rings. The Morgan fingerprint density at radius 2 is 2.04 bits per heavy atom. The molecule has 0 aliphatic carbocycles. The van der Waals surface area contributed by atoms with Gasteiger partial charge in [0.1, 0.15) is 6.33 Å². The van der Waals surface area contributed by atoms with Crippen molar-refractivity contribution in [2.24, 2.45) is 5.41 Å². The van der Waals surface area contributed by atoms with E-state index in [9.17, 15) is 5.11 Å². The van der Waals surface area contributed by atoms with E-state index >= 15 is 0 Å². The predicted octanol–water partition coefficient (Wildman–Crippen LogP) is 2.06. The maximum Gasteiger partial charge on any atom is 0.230 e. The van der Waals surface area contributed by atoms with Crippen molar-refractivity contribution < 1.29 is 5.11 Å². The van der Waals surface area contributed by atoms with Crippen LogP contribution in [0, 0.1) is 5.41 Å². The van der Waals surface area contributed by atoms with Gasteiger partial charge in [0.25, 0.3) is 0 Å². The number of hydrogen-bond acceptors (Lipinski definition) is 6. The van der Waals surface area contributed by atoms with Crippen molar-refractivity contribution in [1.82, 2.24) is 15.0 Å². The van der Waals surface area contributed by atoms with Gasteiger partial charge in [0.15, 0.2) is 0 Å². The Labute approximate surface area is 142 Å². The van der Waals surface area contributed by atoms with Crippen LogP contribution in [0.15, 0.2) is 36.7 Å². The molecule has 2 heterocycles. The number of anilines is 2. The van der Waals surface area contributed by atoms with Crippen LogP contribution in [0.2, 0.25) is 0 Å². The molecule has 6 nitrogen and oxygen atoms in total. The van der Waals surface area contributed by atoms with Gasteiger partial charge < -0.3 is 15.7 Å². The third-order valence-electron chi connectivity index (χ3n) is 4.87. The fourth-order valence-electron chi connectivity index (χ4n) is 3.56. The molecule has 1 aromatic heterocycles. The van der Waals surface area contributed by atoms with E-state index < -0.39 is 0 Å². The minimum Gasteiger partial charge on any atom is -0.396 e. The fourth-order valence-corrected chi connectivity index (χ4v) is 3.56. The number of aliphatic hydroxyl groups excluding tert-OH is 1. The third-order valence-corrected chi connectivity index (χ3v) is 4.87. The van der Waals surface area contributed by atoms with Crippen molar-refractivity contribution in [3.63, 3.8) is 0 Å². The second kappa shape index (κ2) is 7.57. The van der Waals surface area contributed by atoms with Gasteiger partial charge in [0.2, 0.25) is 11.9 Å². The average Bonchev–Trinajstić information content (AvgIpc) is 2.63. The molecule has 1 fully saturated rings. The molecule has 0 saturated carbocycles. The quantitative estimate of drug-likeness (QED) is 0.844. The molecule has 128 valence electrons. The summed E-state index contributed by atoms with van der Waals surface area (Å²) in [6.07, 6.45) is 6.61. The van der Waals surface area contributed by atoms with Crippen molar-refractivity contribution >= 4 is 11.9 Å². The second-order valence-corrected chi connectivity index (χ2v) is 6.67. The largest absolute Gasteiger partial charge is 0.396 e. The molecular formula is C18H25N5O. The van der Waals surface area contributed by atoms with E-state index in [1.165, 1.54) is 11.9 Å². The van der Waals surface area contributed by atoms with Crippen LogP contribution < -0.4 is 10.6 Å². The topological polar surface area (TPSA) is 88.2 Å². The molecule has 1 saturated heterocycles. The lowest BCUT2D eigenvalue weighted by Crippen LogP contribution is -2.46. The number of aliphatic hydroxyl groups is 1. The summed E-state index contributed by atoms with van der Waals surface area (Å²) in [5, 5.41) is 10.1. The smallest absolute Gasteiger partial charge is 0.230 e. The molecule has 6 heteroatoms. The van der Waals surface area contributed by atoms with Crippen LogP contribution >= 0.6 is 0 Å². The highest BCUT2D eigenvalue weighted by Crippen LogP contribution is 2.35. The molecule has 0 amide bonds. The monoisotopic (exact) mass is 327 g/mol. The van der Waals surface area contributed by atoms with Crippen molar-refractivity contribution in [1.29, 1.82) is 0 Å². The minimum atomic E-state index is -0.0889. The van der Waals surface area contributed by atoms with E-state index in [-0.39, 0.29) is 18.0 Å². The first-order chi connectivity index (χ1) is 11.7. The molecule has 1 aliphatic heterocycles. The number of piperidine rings is 1. The Hall–Kier alpha value is -2.21. The van der Waals surface area contributed by atoms with E-state index in [1.807, 2.05) is 6.07 Å². The van der Waals surface area contributed by atoms with E-state index in [2.05, 4.69) is 44.1 Å². The average molecular weight is 327 g/mol. The summed E-state index contributed by atoms with van der Waals surface area (Å²) in [7, 11) is 0. The number of aryl methyl sites for hydroxylation is 1. The Balaban J connectivity index is 1.63. The van der Waals surface area contributed by atoms with Gasteiger partial charge in [-0.05, 0) is 37.7 Å². The molecule has 1 atom stereocenters. The zero-order chi connectivity index (χ0) is 16.8. The van der Waals surface area contributed by atoms with Crippen molar-refractivity contribution in [2.45, 2.75) is 32.1 Å². The summed E-state index contributed by atoms with van der Waals surface area (Å²) < 4.78 is 0. The van der Waals surface area contributed by atoms with Crippen LogP contribution in [0.5, 0.6) is 0 Å². The van der Waals surface area contributed by atoms with E-state index in [0.29, 0.717) is 5.95 Å². The predicted molar refractivity (Wildman–Crippen MR) is 94.6 cm³/mol. The summed E-state index contributed by atoms with van der Waals surface area (Å²) in [4.78, 5) is 14.4. The maximum absolute atomic E-state index is 10.1. The van der Waals surface area contributed by atoms with Crippen LogP contribution in [0.4, 0.5) is 11.9 Å². The minimum absolute atomic E-state index is 0.0889. The number of nitrogens with two attached hydrogens (primary N) is 1. The first-order valence-corrected chi connectivity index (χ1v) is 8.55. The molecule has 0 radical (unpaired) electrons. The highest BCUT2D eigenvalue weighted by molar-refractivity contribution is 5.34. The van der Waals surface area contributed by atoms with Gasteiger partial charge in [0, 0.05) is 18.5 Å². The summed E-state index contributed by atoms with van der Waals surface area (Å²) in [5.74, 6) is 0.854. The van der Waals surface area contributed by atoms with Gasteiger partial charge >= 0.3 is 0 Å². The molecule has 1 aromatic carbocycles. The molecule has 1 unspecified atom stereocenters. The zero-order valence-corrected chi connectivity index (χ0v) is 13.9. The van der Waals surface area contributed by atoms with Gasteiger partial charge in [-0.1, -0.05) is 30.3 Å². The Morgan fingerprint density at radius 3 is 2.79 bits per heavy atom. The van der Waals surface area contributed by atoms with Crippen LogP contribution in [0.1, 0.15) is 31.2 Å². The summed E-state index contributed by atoms with van der Waals surface area (Å²) in [5.41, 5.74) is 6.93. The number of rotatable bonds is 6. The maximum atomic E-state index is 10.1. The van der Waals surface area contributed by atoms with Crippen LogP contribution in [-0.2, 0) is 6.42 Å². The van der Waals surface area contributed by atoms with Crippen LogP contribution in [0.3, 0.4) is 0 Å². The van der Waals surface area contributed by atoms with Crippen molar-refractivity contribution in [3.8, 4) is 0 Å². The van der Waals surface area contributed by atoms with Crippen LogP contribution in [0.25, 0.3) is 0 Å². The van der Waals surface area contributed by atoms with E-state index in [1.54, 1.807) is 0 Å². The van der Waals surface area contributed by atoms with Crippen molar-refractivity contribution in [3.05, 3.63) is 42.2 Å². The van der Waals surface area contributed by atoms with Gasteiger partial charge in [-0.3, -0.25) is 0 Å². The van der Waals surface area contributed by atoms with Gasteiger partial charge in [-0.2, -0.15) is 4.98 Å². The van der Waals surface area contributed by atoms with Gasteiger partial charge in [-0.25, -0.2) is 9.97 Å². The Morgan fingerprint density at radius 1 is 1.21 bits per heavy atom. The molecule has 3 N–H and O–H groups in total. The van der Waals surface area contributed by atoms with Crippen LogP contribution in [-0.4, -0.2) is 39.8 Å². The van der Waals surface area contributed by atoms with Gasteiger partial charge in [-0.15, -0.1) is 0 Å².